The molecule has 8 nitrogen and oxygen atoms in total. The van der Waals surface area contributed by atoms with Crippen molar-refractivity contribution in [3.63, 3.8) is 0 Å². The van der Waals surface area contributed by atoms with Crippen LogP contribution in [0.5, 0.6) is 0 Å². The molecule has 3 heterocycles. The highest BCUT2D eigenvalue weighted by molar-refractivity contribution is 7.98. The number of piperidine rings is 1. The molecule has 27 heavy (non-hydrogen) atoms. The van der Waals surface area contributed by atoms with Crippen molar-refractivity contribution in [1.82, 2.24) is 24.2 Å². The summed E-state index contributed by atoms with van der Waals surface area (Å²) in [7, 11) is -3.28. The number of aromatic nitrogens is 3. The summed E-state index contributed by atoms with van der Waals surface area (Å²) < 4.78 is 26.9. The van der Waals surface area contributed by atoms with Gasteiger partial charge in [-0.1, -0.05) is 6.07 Å². The minimum Gasteiger partial charge on any atom is -0.346 e. The van der Waals surface area contributed by atoms with E-state index in [0.29, 0.717) is 25.2 Å². The minimum atomic E-state index is -3.28. The molecule has 0 saturated carbocycles. The lowest BCUT2D eigenvalue weighted by molar-refractivity contribution is -0.126. The molecular weight excluding hydrogens is 386 g/mol. The number of nitrogens with zero attached hydrogens (tertiary/aromatic N) is 4. The van der Waals surface area contributed by atoms with E-state index < -0.39 is 10.0 Å². The van der Waals surface area contributed by atoms with Crippen LogP contribution >= 0.6 is 11.8 Å². The maximum Gasteiger partial charge on any atom is 0.225 e. The van der Waals surface area contributed by atoms with Crippen LogP contribution in [0.4, 0.5) is 0 Å². The lowest BCUT2D eigenvalue weighted by atomic mass is 9.98. The molecule has 0 radical (unpaired) electrons. The third-order valence-electron chi connectivity index (χ3n) is 4.80. The van der Waals surface area contributed by atoms with Gasteiger partial charge in [-0.15, -0.1) is 10.2 Å². The van der Waals surface area contributed by atoms with Crippen molar-refractivity contribution in [2.45, 2.75) is 25.3 Å². The van der Waals surface area contributed by atoms with Crippen molar-refractivity contribution in [1.29, 1.82) is 0 Å². The SMILES string of the molecule is CSCCC(NC(=O)C1CCCN(S(C)(=O)=O)C1)c1nnc2ccccn12. The Morgan fingerprint density at radius 2 is 2.22 bits per heavy atom. The highest BCUT2D eigenvalue weighted by Crippen LogP contribution is 2.22. The molecule has 2 aromatic rings. The molecule has 1 aliphatic heterocycles. The van der Waals surface area contributed by atoms with E-state index in [9.17, 15) is 13.2 Å². The summed E-state index contributed by atoms with van der Waals surface area (Å²) in [6.07, 6.45) is 7.20. The second-order valence-electron chi connectivity index (χ2n) is 6.79. The summed E-state index contributed by atoms with van der Waals surface area (Å²) in [5.74, 6) is 1.10. The van der Waals surface area contributed by atoms with Gasteiger partial charge in [-0.3, -0.25) is 9.20 Å². The quantitative estimate of drug-likeness (QED) is 0.738. The van der Waals surface area contributed by atoms with Crippen molar-refractivity contribution in [2.24, 2.45) is 5.92 Å². The predicted octanol–water partition coefficient (Wildman–Crippen LogP) is 1.31. The molecule has 2 atom stereocenters. The van der Waals surface area contributed by atoms with Gasteiger partial charge in [0.25, 0.3) is 0 Å². The maximum atomic E-state index is 12.9. The molecule has 1 fully saturated rings. The number of nitrogens with one attached hydrogen (secondary N) is 1. The standard InChI is InChI=1S/C17H25N5O3S2/c1-26-11-8-14(16-20-19-15-7-3-4-10-22(15)16)18-17(23)13-6-5-9-21(12-13)27(2,24)25/h3-4,7,10,13-14H,5-6,8-9,11-12H2,1-2H3,(H,18,23). The summed E-state index contributed by atoms with van der Waals surface area (Å²) in [5, 5.41) is 11.6. The summed E-state index contributed by atoms with van der Waals surface area (Å²) in [4.78, 5) is 12.9. The molecule has 10 heteroatoms. The topological polar surface area (TPSA) is 96.7 Å². The van der Waals surface area contributed by atoms with E-state index >= 15 is 0 Å². The second kappa shape index (κ2) is 8.57. The Labute approximate surface area is 163 Å². The van der Waals surface area contributed by atoms with E-state index in [1.54, 1.807) is 11.8 Å². The molecule has 0 bridgehead atoms. The number of carbonyl (C=O) groups excluding carboxylic acids is 1. The van der Waals surface area contributed by atoms with Crippen LogP contribution in [0.25, 0.3) is 5.65 Å². The van der Waals surface area contributed by atoms with Crippen molar-refractivity contribution in [3.8, 4) is 0 Å². The van der Waals surface area contributed by atoms with Crippen LogP contribution in [0.1, 0.15) is 31.1 Å². The molecule has 0 spiro atoms. The highest BCUT2D eigenvalue weighted by atomic mass is 32.2. The van der Waals surface area contributed by atoms with E-state index in [4.69, 9.17) is 0 Å². The van der Waals surface area contributed by atoms with E-state index in [1.165, 1.54) is 10.6 Å². The first-order valence-corrected chi connectivity index (χ1v) is 12.2. The molecule has 1 aliphatic rings. The lowest BCUT2D eigenvalue weighted by Crippen LogP contribution is -2.46. The van der Waals surface area contributed by atoms with Crippen molar-refractivity contribution < 1.29 is 13.2 Å². The minimum absolute atomic E-state index is 0.123. The Morgan fingerprint density at radius 1 is 1.41 bits per heavy atom. The Kier molecular flexibility index (Phi) is 6.38. The zero-order chi connectivity index (χ0) is 19.4. The average Bonchev–Trinajstić information content (AvgIpc) is 3.08. The van der Waals surface area contributed by atoms with Crippen LogP contribution in [-0.4, -0.2) is 64.6 Å². The van der Waals surface area contributed by atoms with Gasteiger partial charge in [0.1, 0.15) is 0 Å². The molecule has 0 aliphatic carbocycles. The van der Waals surface area contributed by atoms with Crippen LogP contribution in [0.2, 0.25) is 0 Å². The van der Waals surface area contributed by atoms with Gasteiger partial charge in [-0.05, 0) is 43.4 Å². The third-order valence-corrected chi connectivity index (χ3v) is 6.72. The van der Waals surface area contributed by atoms with Gasteiger partial charge in [0.15, 0.2) is 11.5 Å². The van der Waals surface area contributed by atoms with E-state index in [-0.39, 0.29) is 24.4 Å². The monoisotopic (exact) mass is 411 g/mol. The third kappa shape index (κ3) is 4.80. The maximum absolute atomic E-state index is 12.9. The number of hydrogen-bond acceptors (Lipinski definition) is 6. The van der Waals surface area contributed by atoms with Gasteiger partial charge in [-0.25, -0.2) is 12.7 Å². The smallest absolute Gasteiger partial charge is 0.225 e. The Morgan fingerprint density at radius 3 is 2.96 bits per heavy atom. The van der Waals surface area contributed by atoms with E-state index in [1.807, 2.05) is 35.1 Å². The largest absolute Gasteiger partial charge is 0.346 e. The van der Waals surface area contributed by atoms with Crippen LogP contribution in [0.15, 0.2) is 24.4 Å². The molecule has 2 aromatic heterocycles. The van der Waals surface area contributed by atoms with Gasteiger partial charge in [0, 0.05) is 19.3 Å². The normalized spacial score (nSPS) is 19.9. The first-order valence-electron chi connectivity index (χ1n) is 8.94. The number of carbonyl (C=O) groups is 1. The number of thioether (sulfide) groups is 1. The van der Waals surface area contributed by atoms with Gasteiger partial charge in [-0.2, -0.15) is 11.8 Å². The van der Waals surface area contributed by atoms with Crippen molar-refractivity contribution >= 4 is 33.3 Å². The van der Waals surface area contributed by atoms with Crippen LogP contribution in [-0.2, 0) is 14.8 Å². The van der Waals surface area contributed by atoms with E-state index in [2.05, 4.69) is 15.5 Å². The van der Waals surface area contributed by atoms with Crippen LogP contribution in [0.3, 0.4) is 0 Å². The van der Waals surface area contributed by atoms with Gasteiger partial charge in [0.2, 0.25) is 15.9 Å². The number of pyridine rings is 1. The lowest BCUT2D eigenvalue weighted by Gasteiger charge is -2.31. The molecule has 1 N–H and O–H groups in total. The van der Waals surface area contributed by atoms with E-state index in [0.717, 1.165) is 17.8 Å². The average molecular weight is 412 g/mol. The summed E-state index contributed by atoms with van der Waals surface area (Å²) >= 11 is 1.70. The summed E-state index contributed by atoms with van der Waals surface area (Å²) in [6, 6.07) is 5.40. The first-order chi connectivity index (χ1) is 12.9. The van der Waals surface area contributed by atoms with Crippen molar-refractivity contribution in [3.05, 3.63) is 30.2 Å². The summed E-state index contributed by atoms with van der Waals surface area (Å²) in [6.45, 7) is 0.716. The Bertz CT molecular complexity index is 899. The number of fused-ring (bicyclic) bond motifs is 1. The summed E-state index contributed by atoms with van der Waals surface area (Å²) in [5.41, 5.74) is 0.733. The molecule has 1 saturated heterocycles. The van der Waals surface area contributed by atoms with Gasteiger partial charge < -0.3 is 5.32 Å². The van der Waals surface area contributed by atoms with Crippen LogP contribution in [0, 0.1) is 5.92 Å². The number of amides is 1. The van der Waals surface area contributed by atoms with Crippen LogP contribution < -0.4 is 5.32 Å². The molecule has 3 rings (SSSR count). The van der Waals surface area contributed by atoms with Crippen molar-refractivity contribution in [2.75, 3.05) is 31.4 Å². The molecule has 0 aromatic carbocycles. The highest BCUT2D eigenvalue weighted by Gasteiger charge is 2.32. The predicted molar refractivity (Wildman–Crippen MR) is 106 cm³/mol. The van der Waals surface area contributed by atoms with Gasteiger partial charge in [0.05, 0.1) is 18.2 Å². The number of rotatable bonds is 7. The fourth-order valence-corrected chi connectivity index (χ4v) is 4.73. The number of sulfonamides is 1. The molecule has 2 unspecified atom stereocenters. The number of hydrogen-bond donors (Lipinski definition) is 1. The Balaban J connectivity index is 1.77. The first kappa shape index (κ1) is 20.1. The fourth-order valence-electron chi connectivity index (χ4n) is 3.35. The molecule has 1 amide bonds. The zero-order valence-electron chi connectivity index (χ0n) is 15.5. The van der Waals surface area contributed by atoms with Gasteiger partial charge >= 0.3 is 0 Å². The second-order valence-corrected chi connectivity index (χ2v) is 9.76. The zero-order valence-corrected chi connectivity index (χ0v) is 17.2. The Hall–Kier alpha value is -1.65. The molecule has 148 valence electrons. The fraction of sp³-hybridized carbons (Fsp3) is 0.588. The molecular formula is C17H25N5O3S2.